The molecule has 82 valence electrons. The van der Waals surface area contributed by atoms with E-state index in [9.17, 15) is 9.50 Å². The molecule has 0 aliphatic rings. The first-order valence-electron chi connectivity index (χ1n) is 4.84. The fraction of sp³-hybridized carbons (Fsp3) is 0.0769. The van der Waals surface area contributed by atoms with Crippen molar-refractivity contribution < 1.29 is 14.2 Å². The first kappa shape index (κ1) is 10.5. The second kappa shape index (κ2) is 4.23. The number of phenols is 1. The molecule has 0 unspecified atom stereocenters. The number of rotatable bonds is 2. The molecular weight excluding hydrogens is 207 g/mol. The standard InChI is InChI=1S/C13H11FO2/c1-16-13-7-6-9(8-12(13)15)10-4-2-3-5-11(10)14/h2-8,15H,1H3. The molecule has 0 heterocycles. The fourth-order valence-electron chi connectivity index (χ4n) is 1.55. The molecule has 2 nitrogen and oxygen atoms in total. The van der Waals surface area contributed by atoms with E-state index in [-0.39, 0.29) is 11.6 Å². The van der Waals surface area contributed by atoms with Crippen molar-refractivity contribution in [1.29, 1.82) is 0 Å². The lowest BCUT2D eigenvalue weighted by molar-refractivity contribution is 0.373. The molecule has 0 aliphatic heterocycles. The lowest BCUT2D eigenvalue weighted by Crippen LogP contribution is -1.86. The third kappa shape index (κ3) is 1.84. The first-order chi connectivity index (χ1) is 7.72. The molecular formula is C13H11FO2. The van der Waals surface area contributed by atoms with Crippen LogP contribution in [0.15, 0.2) is 42.5 Å². The van der Waals surface area contributed by atoms with Gasteiger partial charge in [-0.1, -0.05) is 24.3 Å². The average molecular weight is 218 g/mol. The molecule has 2 rings (SSSR count). The molecule has 2 aromatic carbocycles. The number of phenolic OH excluding ortho intramolecular Hbond substituents is 1. The highest BCUT2D eigenvalue weighted by Crippen LogP contribution is 2.32. The van der Waals surface area contributed by atoms with Crippen LogP contribution in [-0.4, -0.2) is 12.2 Å². The van der Waals surface area contributed by atoms with Gasteiger partial charge in [-0.05, 0) is 23.8 Å². The van der Waals surface area contributed by atoms with Crippen LogP contribution in [-0.2, 0) is 0 Å². The third-order valence-electron chi connectivity index (χ3n) is 2.36. The minimum atomic E-state index is -0.313. The molecule has 2 aromatic rings. The van der Waals surface area contributed by atoms with Crippen molar-refractivity contribution in [2.24, 2.45) is 0 Å². The van der Waals surface area contributed by atoms with E-state index in [1.165, 1.54) is 19.2 Å². The second-order valence-corrected chi connectivity index (χ2v) is 3.37. The van der Waals surface area contributed by atoms with Crippen molar-refractivity contribution >= 4 is 0 Å². The van der Waals surface area contributed by atoms with Gasteiger partial charge in [0.1, 0.15) is 5.82 Å². The zero-order valence-corrected chi connectivity index (χ0v) is 8.77. The van der Waals surface area contributed by atoms with E-state index in [0.29, 0.717) is 16.9 Å². The molecule has 1 N–H and O–H groups in total. The lowest BCUT2D eigenvalue weighted by atomic mass is 10.0. The van der Waals surface area contributed by atoms with Crippen LogP contribution in [0.1, 0.15) is 0 Å². The maximum absolute atomic E-state index is 13.5. The lowest BCUT2D eigenvalue weighted by Gasteiger charge is -2.07. The monoisotopic (exact) mass is 218 g/mol. The average Bonchev–Trinajstić information content (AvgIpc) is 2.29. The minimum absolute atomic E-state index is 0.00301. The number of aromatic hydroxyl groups is 1. The summed E-state index contributed by atoms with van der Waals surface area (Å²) in [6, 6.07) is 11.2. The van der Waals surface area contributed by atoms with E-state index < -0.39 is 0 Å². The van der Waals surface area contributed by atoms with Crippen molar-refractivity contribution in [2.75, 3.05) is 7.11 Å². The van der Waals surface area contributed by atoms with Crippen LogP contribution in [0.3, 0.4) is 0 Å². The van der Waals surface area contributed by atoms with Gasteiger partial charge in [-0.3, -0.25) is 0 Å². The molecule has 0 amide bonds. The Hall–Kier alpha value is -2.03. The zero-order valence-electron chi connectivity index (χ0n) is 8.77. The summed E-state index contributed by atoms with van der Waals surface area (Å²) < 4.78 is 18.4. The summed E-state index contributed by atoms with van der Waals surface area (Å²) in [6.45, 7) is 0. The van der Waals surface area contributed by atoms with Gasteiger partial charge in [0.25, 0.3) is 0 Å². The van der Waals surface area contributed by atoms with Crippen molar-refractivity contribution in [2.45, 2.75) is 0 Å². The molecule has 0 aromatic heterocycles. The molecule has 0 saturated heterocycles. The van der Waals surface area contributed by atoms with Gasteiger partial charge < -0.3 is 9.84 Å². The molecule has 0 saturated carbocycles. The summed E-state index contributed by atoms with van der Waals surface area (Å²) in [4.78, 5) is 0. The van der Waals surface area contributed by atoms with Gasteiger partial charge in [0, 0.05) is 5.56 Å². The molecule has 0 atom stereocenters. The van der Waals surface area contributed by atoms with E-state index >= 15 is 0 Å². The molecule has 0 radical (unpaired) electrons. The third-order valence-corrected chi connectivity index (χ3v) is 2.36. The fourth-order valence-corrected chi connectivity index (χ4v) is 1.55. The van der Waals surface area contributed by atoms with Crippen LogP contribution in [0, 0.1) is 5.82 Å². The molecule has 0 spiro atoms. The molecule has 16 heavy (non-hydrogen) atoms. The van der Waals surface area contributed by atoms with Gasteiger partial charge in [-0.25, -0.2) is 4.39 Å². The van der Waals surface area contributed by atoms with E-state index in [1.54, 1.807) is 30.3 Å². The number of ether oxygens (including phenoxy) is 1. The molecule has 0 bridgehead atoms. The number of benzene rings is 2. The Labute approximate surface area is 92.9 Å². The molecule has 3 heteroatoms. The Balaban J connectivity index is 2.50. The summed E-state index contributed by atoms with van der Waals surface area (Å²) in [5, 5.41) is 9.60. The minimum Gasteiger partial charge on any atom is -0.504 e. The summed E-state index contributed by atoms with van der Waals surface area (Å²) in [5.41, 5.74) is 1.08. The zero-order chi connectivity index (χ0) is 11.5. The summed E-state index contributed by atoms with van der Waals surface area (Å²) in [5.74, 6) is 0.0652. The van der Waals surface area contributed by atoms with Gasteiger partial charge in [-0.15, -0.1) is 0 Å². The summed E-state index contributed by atoms with van der Waals surface area (Å²) in [7, 11) is 1.47. The highest BCUT2D eigenvalue weighted by atomic mass is 19.1. The van der Waals surface area contributed by atoms with Crippen molar-refractivity contribution in [3.05, 3.63) is 48.3 Å². The van der Waals surface area contributed by atoms with E-state index in [4.69, 9.17) is 4.74 Å². The predicted molar refractivity (Wildman–Crippen MR) is 60.1 cm³/mol. The van der Waals surface area contributed by atoms with Crippen molar-refractivity contribution in [3.63, 3.8) is 0 Å². The highest BCUT2D eigenvalue weighted by molar-refractivity contribution is 5.67. The number of halogens is 1. The maximum atomic E-state index is 13.5. The normalized spacial score (nSPS) is 10.1. The molecule has 0 aliphatic carbocycles. The van der Waals surface area contributed by atoms with Crippen LogP contribution in [0.4, 0.5) is 4.39 Å². The van der Waals surface area contributed by atoms with Crippen LogP contribution in [0.25, 0.3) is 11.1 Å². The number of methoxy groups -OCH3 is 1. The van der Waals surface area contributed by atoms with Crippen molar-refractivity contribution in [3.8, 4) is 22.6 Å². The Bertz CT molecular complexity index is 509. The maximum Gasteiger partial charge on any atom is 0.160 e. The quantitative estimate of drug-likeness (QED) is 0.838. The van der Waals surface area contributed by atoms with Crippen LogP contribution in [0.2, 0.25) is 0 Å². The van der Waals surface area contributed by atoms with Gasteiger partial charge >= 0.3 is 0 Å². The summed E-state index contributed by atoms with van der Waals surface area (Å²) in [6.07, 6.45) is 0. The van der Waals surface area contributed by atoms with Gasteiger partial charge in [-0.2, -0.15) is 0 Å². The Morgan fingerprint density at radius 2 is 1.88 bits per heavy atom. The largest absolute Gasteiger partial charge is 0.504 e. The van der Waals surface area contributed by atoms with Crippen LogP contribution >= 0.6 is 0 Å². The Kier molecular flexibility index (Phi) is 2.77. The van der Waals surface area contributed by atoms with Gasteiger partial charge in [0.2, 0.25) is 0 Å². The number of hydrogen-bond acceptors (Lipinski definition) is 2. The Morgan fingerprint density at radius 3 is 2.50 bits per heavy atom. The second-order valence-electron chi connectivity index (χ2n) is 3.37. The van der Waals surface area contributed by atoms with Crippen molar-refractivity contribution in [1.82, 2.24) is 0 Å². The number of hydrogen-bond donors (Lipinski definition) is 1. The van der Waals surface area contributed by atoms with Gasteiger partial charge in [0.05, 0.1) is 7.11 Å². The first-order valence-corrected chi connectivity index (χ1v) is 4.84. The van der Waals surface area contributed by atoms with E-state index in [0.717, 1.165) is 0 Å². The SMILES string of the molecule is COc1ccc(-c2ccccc2F)cc1O. The van der Waals surface area contributed by atoms with Gasteiger partial charge in [0.15, 0.2) is 11.5 Å². The topological polar surface area (TPSA) is 29.5 Å². The summed E-state index contributed by atoms with van der Waals surface area (Å²) >= 11 is 0. The highest BCUT2D eigenvalue weighted by Gasteiger charge is 2.07. The predicted octanol–water partition coefficient (Wildman–Crippen LogP) is 3.21. The van der Waals surface area contributed by atoms with E-state index in [1.807, 2.05) is 0 Å². The smallest absolute Gasteiger partial charge is 0.160 e. The van der Waals surface area contributed by atoms with Crippen LogP contribution in [0.5, 0.6) is 11.5 Å². The van der Waals surface area contributed by atoms with E-state index in [2.05, 4.69) is 0 Å². The van der Waals surface area contributed by atoms with Crippen LogP contribution < -0.4 is 4.74 Å². The molecule has 0 fully saturated rings. The Morgan fingerprint density at radius 1 is 1.12 bits per heavy atom.